The summed E-state index contributed by atoms with van der Waals surface area (Å²) in [5, 5.41) is 11.3. The number of piperidine rings is 1. The number of carbonyl (C=O) groups is 4. The van der Waals surface area contributed by atoms with E-state index in [1.54, 1.807) is 6.07 Å². The molecule has 7 nitrogen and oxygen atoms in total. The lowest BCUT2D eigenvalue weighted by molar-refractivity contribution is -0.131. The molecule has 23 heavy (non-hydrogen) atoms. The number of nitrogens with one attached hydrogen (secondary N) is 1. The molecule has 1 aromatic rings. The molecule has 0 spiro atoms. The third kappa shape index (κ3) is 2.73. The Morgan fingerprint density at radius 1 is 1.22 bits per heavy atom. The number of amides is 3. The van der Waals surface area contributed by atoms with Crippen molar-refractivity contribution in [3.63, 3.8) is 0 Å². The molecule has 118 valence electrons. The van der Waals surface area contributed by atoms with Gasteiger partial charge in [-0.15, -0.1) is 0 Å². The van der Waals surface area contributed by atoms with Crippen LogP contribution in [0.25, 0.3) is 6.08 Å². The van der Waals surface area contributed by atoms with Gasteiger partial charge in [-0.2, -0.15) is 0 Å². The Morgan fingerprint density at radius 2 is 1.96 bits per heavy atom. The maximum absolute atomic E-state index is 12.5. The van der Waals surface area contributed by atoms with Crippen LogP contribution in [0.4, 0.5) is 0 Å². The number of carboxylic acids is 1. The standard InChI is InChI=1S/C16H14N2O5/c19-13-5-3-10(8-17-13)18-15(22)11-4-1-9(2-6-14(20)21)7-12(11)16(18)23/h1-2,4,6-7,10H,3,5,8H2,(H,17,19)(H,20,21)/b6-2+. The molecule has 0 saturated carbocycles. The molecule has 0 aromatic heterocycles. The van der Waals surface area contributed by atoms with E-state index in [0.29, 0.717) is 17.5 Å². The molecule has 2 N–H and O–H groups in total. The topological polar surface area (TPSA) is 104 Å². The Morgan fingerprint density at radius 3 is 2.61 bits per heavy atom. The number of carbonyl (C=O) groups excluding carboxylic acids is 3. The summed E-state index contributed by atoms with van der Waals surface area (Å²) in [5.41, 5.74) is 1.10. The largest absolute Gasteiger partial charge is 0.478 e. The van der Waals surface area contributed by atoms with E-state index in [2.05, 4.69) is 5.32 Å². The van der Waals surface area contributed by atoms with Crippen LogP contribution < -0.4 is 5.32 Å². The number of nitrogens with zero attached hydrogens (tertiary/aromatic N) is 1. The van der Waals surface area contributed by atoms with Crippen LogP contribution in [0, 0.1) is 0 Å². The first kappa shape index (κ1) is 15.0. The van der Waals surface area contributed by atoms with E-state index in [1.807, 2.05) is 0 Å². The Labute approximate surface area is 131 Å². The van der Waals surface area contributed by atoms with Crippen LogP contribution >= 0.6 is 0 Å². The number of carboxylic acid groups (broad SMARTS) is 1. The third-order valence-corrected chi connectivity index (χ3v) is 3.97. The second-order valence-electron chi connectivity index (χ2n) is 5.45. The zero-order chi connectivity index (χ0) is 16.6. The molecule has 1 atom stereocenters. The van der Waals surface area contributed by atoms with E-state index in [4.69, 9.17) is 5.11 Å². The van der Waals surface area contributed by atoms with Gasteiger partial charge in [0.05, 0.1) is 17.2 Å². The summed E-state index contributed by atoms with van der Waals surface area (Å²) in [5.74, 6) is -1.96. The SMILES string of the molecule is O=C(O)/C=C/c1ccc2c(c1)C(=O)N(C1CCC(=O)NC1)C2=O. The Balaban J connectivity index is 1.88. The predicted molar refractivity (Wildman–Crippen MR) is 79.6 cm³/mol. The number of rotatable bonds is 3. The van der Waals surface area contributed by atoms with Gasteiger partial charge in [-0.05, 0) is 30.2 Å². The van der Waals surface area contributed by atoms with Crippen LogP contribution in [0.15, 0.2) is 24.3 Å². The number of hydrogen-bond acceptors (Lipinski definition) is 4. The van der Waals surface area contributed by atoms with Gasteiger partial charge in [0.2, 0.25) is 5.91 Å². The zero-order valence-electron chi connectivity index (χ0n) is 12.1. The lowest BCUT2D eigenvalue weighted by Gasteiger charge is -2.29. The van der Waals surface area contributed by atoms with Crippen LogP contribution in [-0.2, 0) is 9.59 Å². The quantitative estimate of drug-likeness (QED) is 0.630. The van der Waals surface area contributed by atoms with Gasteiger partial charge in [0, 0.05) is 19.0 Å². The minimum atomic E-state index is -1.09. The molecule has 0 radical (unpaired) electrons. The van der Waals surface area contributed by atoms with Crippen molar-refractivity contribution in [3.8, 4) is 0 Å². The van der Waals surface area contributed by atoms with Gasteiger partial charge in [0.15, 0.2) is 0 Å². The average Bonchev–Trinajstić information content (AvgIpc) is 2.78. The monoisotopic (exact) mass is 314 g/mol. The van der Waals surface area contributed by atoms with Gasteiger partial charge in [-0.3, -0.25) is 19.3 Å². The smallest absolute Gasteiger partial charge is 0.328 e. The van der Waals surface area contributed by atoms with Crippen molar-refractivity contribution in [1.82, 2.24) is 10.2 Å². The molecule has 3 rings (SSSR count). The molecular formula is C16H14N2O5. The van der Waals surface area contributed by atoms with Crippen molar-refractivity contribution in [2.45, 2.75) is 18.9 Å². The van der Waals surface area contributed by atoms with Crippen LogP contribution in [0.3, 0.4) is 0 Å². The fraction of sp³-hybridized carbons (Fsp3) is 0.250. The molecule has 0 bridgehead atoms. The minimum Gasteiger partial charge on any atom is -0.478 e. The number of benzene rings is 1. The number of hydrogen-bond donors (Lipinski definition) is 2. The summed E-state index contributed by atoms with van der Waals surface area (Å²) < 4.78 is 0. The second-order valence-corrected chi connectivity index (χ2v) is 5.45. The highest BCUT2D eigenvalue weighted by molar-refractivity contribution is 6.21. The van der Waals surface area contributed by atoms with Crippen molar-refractivity contribution < 1.29 is 24.3 Å². The first-order chi connectivity index (χ1) is 11.0. The number of fused-ring (bicyclic) bond motifs is 1. The van der Waals surface area contributed by atoms with Crippen LogP contribution in [-0.4, -0.2) is 46.3 Å². The average molecular weight is 314 g/mol. The van der Waals surface area contributed by atoms with Crippen molar-refractivity contribution in [2.24, 2.45) is 0 Å². The lowest BCUT2D eigenvalue weighted by atomic mass is 10.1. The summed E-state index contributed by atoms with van der Waals surface area (Å²) in [6.45, 7) is 0.260. The van der Waals surface area contributed by atoms with Crippen molar-refractivity contribution in [1.29, 1.82) is 0 Å². The van der Waals surface area contributed by atoms with Crippen molar-refractivity contribution in [3.05, 3.63) is 41.0 Å². The van der Waals surface area contributed by atoms with E-state index in [-0.39, 0.29) is 36.4 Å². The number of imide groups is 1. The van der Waals surface area contributed by atoms with Crippen LogP contribution in [0.1, 0.15) is 39.1 Å². The van der Waals surface area contributed by atoms with Gasteiger partial charge >= 0.3 is 5.97 Å². The highest BCUT2D eigenvalue weighted by Crippen LogP contribution is 2.28. The molecule has 1 saturated heterocycles. The van der Waals surface area contributed by atoms with Gasteiger partial charge in [0.1, 0.15) is 0 Å². The first-order valence-electron chi connectivity index (χ1n) is 7.17. The summed E-state index contributed by atoms with van der Waals surface area (Å²) in [6, 6.07) is 4.28. The molecule has 0 aliphatic carbocycles. The van der Waals surface area contributed by atoms with Gasteiger partial charge in [-0.25, -0.2) is 4.79 Å². The third-order valence-electron chi connectivity index (χ3n) is 3.97. The van der Waals surface area contributed by atoms with E-state index in [9.17, 15) is 19.2 Å². The second kappa shape index (κ2) is 5.68. The molecule has 1 aromatic carbocycles. The Kier molecular flexibility index (Phi) is 3.69. The molecule has 2 aliphatic heterocycles. The lowest BCUT2D eigenvalue weighted by Crippen LogP contribution is -2.50. The first-order valence-corrected chi connectivity index (χ1v) is 7.17. The van der Waals surface area contributed by atoms with Crippen molar-refractivity contribution >= 4 is 29.8 Å². The van der Waals surface area contributed by atoms with E-state index >= 15 is 0 Å². The molecule has 1 unspecified atom stereocenters. The van der Waals surface area contributed by atoms with Gasteiger partial charge in [-0.1, -0.05) is 6.07 Å². The van der Waals surface area contributed by atoms with Crippen molar-refractivity contribution in [2.75, 3.05) is 6.54 Å². The van der Waals surface area contributed by atoms with E-state index in [0.717, 1.165) is 6.08 Å². The normalized spacial score (nSPS) is 20.8. The molecule has 2 heterocycles. The summed E-state index contributed by atoms with van der Waals surface area (Å²) in [4.78, 5) is 47.9. The maximum atomic E-state index is 12.5. The Hall–Kier alpha value is -2.96. The summed E-state index contributed by atoms with van der Waals surface area (Å²) in [7, 11) is 0. The van der Waals surface area contributed by atoms with Gasteiger partial charge < -0.3 is 10.4 Å². The molecule has 1 fully saturated rings. The Bertz CT molecular complexity index is 743. The molecule has 2 aliphatic rings. The zero-order valence-corrected chi connectivity index (χ0v) is 12.1. The molecule has 7 heteroatoms. The highest BCUT2D eigenvalue weighted by Gasteiger charge is 2.40. The fourth-order valence-electron chi connectivity index (χ4n) is 2.82. The summed E-state index contributed by atoms with van der Waals surface area (Å²) in [6.07, 6.45) is 3.06. The fourth-order valence-corrected chi connectivity index (χ4v) is 2.82. The minimum absolute atomic E-state index is 0.0843. The molecular weight excluding hydrogens is 300 g/mol. The van der Waals surface area contributed by atoms with E-state index < -0.39 is 11.9 Å². The predicted octanol–water partition coefficient (Wildman–Crippen LogP) is 0.659. The molecule has 3 amide bonds. The van der Waals surface area contributed by atoms with Gasteiger partial charge in [0.25, 0.3) is 11.8 Å². The van der Waals surface area contributed by atoms with Crippen LogP contribution in [0.5, 0.6) is 0 Å². The maximum Gasteiger partial charge on any atom is 0.328 e. The van der Waals surface area contributed by atoms with Crippen LogP contribution in [0.2, 0.25) is 0 Å². The number of aliphatic carboxylic acids is 1. The summed E-state index contributed by atoms with van der Waals surface area (Å²) >= 11 is 0. The highest BCUT2D eigenvalue weighted by atomic mass is 16.4. The van der Waals surface area contributed by atoms with E-state index in [1.165, 1.54) is 23.1 Å².